The molecule has 4 aliphatic rings. The smallest absolute Gasteiger partial charge is 0.296 e. The predicted molar refractivity (Wildman–Crippen MR) is 145 cm³/mol. The number of benzene rings is 1. The van der Waals surface area contributed by atoms with Crippen molar-refractivity contribution < 1.29 is 22.8 Å². The fourth-order valence-corrected chi connectivity index (χ4v) is 9.86. The molecular formula is C31H46O5S. The molecular weight excluding hydrogens is 484 g/mol. The number of hydrogen-bond acceptors (Lipinski definition) is 5. The highest BCUT2D eigenvalue weighted by molar-refractivity contribution is 7.86. The van der Waals surface area contributed by atoms with Crippen molar-refractivity contribution >= 4 is 10.1 Å². The van der Waals surface area contributed by atoms with E-state index in [4.69, 9.17) is 4.18 Å². The monoisotopic (exact) mass is 530 g/mol. The standard InChI is InChI=1S/C31H46O5S/c1-20-7-10-24(11-8-20)37(34,35)36-17-5-6-21(2)26-13-14-27-25-12-9-22-18-23(32)15-16-30(22,3)28(25)19-29(33)31(26,27)4/h7-8,10-11,21-23,26,28-29,32-33H,5-6,9,12-19H2,1-4H3/t21-,22-,23-,26-,28+,29+,30+,31-/m1/s1. The van der Waals surface area contributed by atoms with Crippen molar-refractivity contribution in [3.63, 3.8) is 0 Å². The van der Waals surface area contributed by atoms with Crippen LogP contribution in [-0.2, 0) is 14.3 Å². The van der Waals surface area contributed by atoms with Gasteiger partial charge in [-0.05, 0) is 112 Å². The number of aliphatic hydroxyl groups is 2. The average Bonchev–Trinajstić information content (AvgIpc) is 3.22. The van der Waals surface area contributed by atoms with E-state index < -0.39 is 10.1 Å². The van der Waals surface area contributed by atoms with E-state index in [2.05, 4.69) is 20.8 Å². The minimum atomic E-state index is -3.73. The highest BCUT2D eigenvalue weighted by atomic mass is 32.2. The Labute approximate surface area is 223 Å². The van der Waals surface area contributed by atoms with Gasteiger partial charge in [0.1, 0.15) is 0 Å². The predicted octanol–water partition coefficient (Wildman–Crippen LogP) is 6.17. The topological polar surface area (TPSA) is 83.8 Å². The van der Waals surface area contributed by atoms with Crippen molar-refractivity contribution in [2.75, 3.05) is 6.61 Å². The molecule has 0 saturated heterocycles. The molecule has 0 bridgehead atoms. The van der Waals surface area contributed by atoms with Crippen LogP contribution in [0.5, 0.6) is 0 Å². The lowest BCUT2D eigenvalue weighted by Gasteiger charge is -2.58. The van der Waals surface area contributed by atoms with Crippen LogP contribution in [0.15, 0.2) is 40.3 Å². The molecule has 4 aliphatic carbocycles. The molecule has 5 nitrogen and oxygen atoms in total. The zero-order valence-corrected chi connectivity index (χ0v) is 23.9. The van der Waals surface area contributed by atoms with Crippen LogP contribution in [0.25, 0.3) is 0 Å². The first-order chi connectivity index (χ1) is 17.5. The van der Waals surface area contributed by atoms with E-state index >= 15 is 0 Å². The minimum absolute atomic E-state index is 0.154. The van der Waals surface area contributed by atoms with Gasteiger partial charge >= 0.3 is 0 Å². The van der Waals surface area contributed by atoms with E-state index in [9.17, 15) is 18.6 Å². The van der Waals surface area contributed by atoms with Gasteiger partial charge in [-0.3, -0.25) is 4.18 Å². The summed E-state index contributed by atoms with van der Waals surface area (Å²) in [6.07, 6.45) is 9.28. The highest BCUT2D eigenvalue weighted by Gasteiger charge is 2.58. The Kier molecular flexibility index (Phi) is 7.45. The number of allylic oxidation sites excluding steroid dienone is 1. The van der Waals surface area contributed by atoms with Gasteiger partial charge in [0.05, 0.1) is 23.7 Å². The molecule has 0 aromatic heterocycles. The first-order valence-corrected chi connectivity index (χ1v) is 15.9. The fraction of sp³-hybridized carbons (Fsp3) is 0.742. The number of aliphatic hydroxyl groups excluding tert-OH is 2. The lowest BCUT2D eigenvalue weighted by atomic mass is 9.48. The minimum Gasteiger partial charge on any atom is -0.393 e. The molecule has 0 aliphatic heterocycles. The lowest BCUT2D eigenvalue weighted by Crippen LogP contribution is -2.52. The highest BCUT2D eigenvalue weighted by Crippen LogP contribution is 2.65. The van der Waals surface area contributed by atoms with Crippen LogP contribution in [-0.4, -0.2) is 37.4 Å². The SMILES string of the molecule is Cc1ccc(S(=O)(=O)OCCC[C@@H](C)[C@H]2CCC3=C4CC[C@@H]5C[C@H](O)CC[C@]5(C)[C@H]4C[C@H](O)[C@@]32C)cc1. The van der Waals surface area contributed by atoms with Gasteiger partial charge in [-0.2, -0.15) is 8.42 Å². The van der Waals surface area contributed by atoms with Gasteiger partial charge in [-0.1, -0.05) is 49.6 Å². The Balaban J connectivity index is 1.25. The van der Waals surface area contributed by atoms with E-state index in [0.717, 1.165) is 56.9 Å². The van der Waals surface area contributed by atoms with Crippen LogP contribution in [0.1, 0.15) is 90.5 Å². The van der Waals surface area contributed by atoms with Crippen molar-refractivity contribution in [3.05, 3.63) is 41.0 Å². The summed E-state index contributed by atoms with van der Waals surface area (Å²) in [6.45, 7) is 9.13. The average molecular weight is 531 g/mol. The first-order valence-electron chi connectivity index (χ1n) is 14.5. The van der Waals surface area contributed by atoms with Crippen molar-refractivity contribution in [2.24, 2.45) is 34.5 Å². The number of rotatable bonds is 7. The summed E-state index contributed by atoms with van der Waals surface area (Å²) in [5, 5.41) is 22.0. The zero-order chi connectivity index (χ0) is 26.6. The second-order valence-electron chi connectivity index (χ2n) is 13.1. The van der Waals surface area contributed by atoms with Gasteiger partial charge in [-0.25, -0.2) is 0 Å². The molecule has 5 rings (SSSR count). The summed E-state index contributed by atoms with van der Waals surface area (Å²) in [4.78, 5) is 0.210. The van der Waals surface area contributed by atoms with Crippen molar-refractivity contribution in [1.29, 1.82) is 0 Å². The van der Waals surface area contributed by atoms with E-state index in [1.54, 1.807) is 29.8 Å². The van der Waals surface area contributed by atoms with Gasteiger partial charge in [0.15, 0.2) is 0 Å². The molecule has 2 N–H and O–H groups in total. The largest absolute Gasteiger partial charge is 0.393 e. The molecule has 8 atom stereocenters. The molecule has 1 aromatic rings. The molecule has 37 heavy (non-hydrogen) atoms. The maximum Gasteiger partial charge on any atom is 0.296 e. The third-order valence-corrected chi connectivity index (χ3v) is 12.5. The van der Waals surface area contributed by atoms with E-state index in [-0.39, 0.29) is 34.5 Å². The van der Waals surface area contributed by atoms with Crippen molar-refractivity contribution in [1.82, 2.24) is 0 Å². The lowest BCUT2D eigenvalue weighted by molar-refractivity contribution is -0.0729. The maximum atomic E-state index is 12.5. The van der Waals surface area contributed by atoms with Crippen molar-refractivity contribution in [3.8, 4) is 0 Å². The quantitative estimate of drug-likeness (QED) is 0.250. The summed E-state index contributed by atoms with van der Waals surface area (Å²) < 4.78 is 30.4. The van der Waals surface area contributed by atoms with Gasteiger partial charge in [0, 0.05) is 5.41 Å². The molecule has 3 saturated carbocycles. The van der Waals surface area contributed by atoms with Gasteiger partial charge in [-0.15, -0.1) is 0 Å². The Hall–Kier alpha value is -1.21. The molecule has 0 heterocycles. The Morgan fingerprint density at radius 1 is 1.05 bits per heavy atom. The molecule has 0 radical (unpaired) electrons. The molecule has 206 valence electrons. The maximum absolute atomic E-state index is 12.5. The van der Waals surface area contributed by atoms with Crippen LogP contribution in [0.3, 0.4) is 0 Å². The van der Waals surface area contributed by atoms with Gasteiger partial charge < -0.3 is 10.2 Å². The van der Waals surface area contributed by atoms with Crippen LogP contribution >= 0.6 is 0 Å². The van der Waals surface area contributed by atoms with Crippen molar-refractivity contribution in [2.45, 2.75) is 109 Å². The van der Waals surface area contributed by atoms with Crippen LogP contribution in [0, 0.1) is 41.4 Å². The first kappa shape index (κ1) is 27.4. The zero-order valence-electron chi connectivity index (χ0n) is 23.1. The van der Waals surface area contributed by atoms with Gasteiger partial charge in [0.2, 0.25) is 0 Å². The summed E-state index contributed by atoms with van der Waals surface area (Å²) in [5.74, 6) is 1.80. The summed E-state index contributed by atoms with van der Waals surface area (Å²) in [6, 6.07) is 6.77. The molecule has 0 amide bonds. The van der Waals surface area contributed by atoms with E-state index in [0.29, 0.717) is 30.1 Å². The molecule has 1 aromatic carbocycles. The molecule has 0 unspecified atom stereocenters. The number of hydrogen-bond donors (Lipinski definition) is 2. The number of aryl methyl sites for hydroxylation is 1. The third kappa shape index (κ3) is 4.74. The van der Waals surface area contributed by atoms with Crippen LogP contribution < -0.4 is 0 Å². The number of fused-ring (bicyclic) bond motifs is 4. The van der Waals surface area contributed by atoms with E-state index in [1.807, 2.05) is 6.92 Å². The molecule has 6 heteroatoms. The van der Waals surface area contributed by atoms with Gasteiger partial charge in [0.25, 0.3) is 10.1 Å². The fourth-order valence-electron chi connectivity index (χ4n) is 8.92. The Bertz CT molecular complexity index is 1120. The summed E-state index contributed by atoms with van der Waals surface area (Å²) in [7, 11) is -3.73. The second-order valence-corrected chi connectivity index (χ2v) is 14.7. The summed E-state index contributed by atoms with van der Waals surface area (Å²) >= 11 is 0. The van der Waals surface area contributed by atoms with Crippen LogP contribution in [0.2, 0.25) is 0 Å². The molecule has 3 fully saturated rings. The third-order valence-electron chi connectivity index (χ3n) is 11.2. The Morgan fingerprint density at radius 3 is 2.51 bits per heavy atom. The molecule has 0 spiro atoms. The van der Waals surface area contributed by atoms with E-state index in [1.165, 1.54) is 12.0 Å². The summed E-state index contributed by atoms with van der Waals surface area (Å²) in [5.41, 5.74) is 4.22. The second kappa shape index (κ2) is 10.1. The van der Waals surface area contributed by atoms with Crippen LogP contribution in [0.4, 0.5) is 0 Å². The normalized spacial score (nSPS) is 38.6. The Morgan fingerprint density at radius 2 is 1.78 bits per heavy atom.